The summed E-state index contributed by atoms with van der Waals surface area (Å²) in [7, 11) is 0. The summed E-state index contributed by atoms with van der Waals surface area (Å²) in [5.41, 5.74) is 5.78. The molecule has 5 nitrogen and oxygen atoms in total. The Morgan fingerprint density at radius 3 is 1.53 bits per heavy atom. The van der Waals surface area contributed by atoms with Crippen molar-refractivity contribution in [2.24, 2.45) is 0 Å². The van der Waals surface area contributed by atoms with Gasteiger partial charge in [0.05, 0.1) is 0 Å². The average molecular weight is 237 g/mol. The second kappa shape index (κ2) is 6.27. The Balaban J connectivity index is 3.08. The van der Waals surface area contributed by atoms with E-state index in [1.807, 2.05) is 6.07 Å². The maximum atomic E-state index is 5.78. The third-order valence-corrected chi connectivity index (χ3v) is 2.89. The van der Waals surface area contributed by atoms with Crippen molar-refractivity contribution in [3.05, 3.63) is 6.07 Å². The number of hydrogen-bond donors (Lipinski definition) is 1. The molecule has 5 heteroatoms. The van der Waals surface area contributed by atoms with E-state index in [9.17, 15) is 0 Å². The molecule has 0 aliphatic rings. The molecule has 17 heavy (non-hydrogen) atoms. The van der Waals surface area contributed by atoms with E-state index >= 15 is 0 Å². The lowest BCUT2D eigenvalue weighted by atomic mass is 10.4. The molecule has 1 aromatic heterocycles. The van der Waals surface area contributed by atoms with Gasteiger partial charge in [0.2, 0.25) is 5.95 Å². The predicted molar refractivity (Wildman–Crippen MR) is 73.6 cm³/mol. The van der Waals surface area contributed by atoms with Crippen LogP contribution in [-0.4, -0.2) is 36.1 Å². The smallest absolute Gasteiger partial charge is 0.223 e. The molecule has 0 fully saturated rings. The zero-order valence-corrected chi connectivity index (χ0v) is 11.3. The van der Waals surface area contributed by atoms with Gasteiger partial charge in [-0.2, -0.15) is 9.97 Å². The highest BCUT2D eigenvalue weighted by Gasteiger charge is 2.10. The maximum Gasteiger partial charge on any atom is 0.223 e. The highest BCUT2D eigenvalue weighted by molar-refractivity contribution is 5.53. The van der Waals surface area contributed by atoms with Gasteiger partial charge in [-0.3, -0.25) is 0 Å². The van der Waals surface area contributed by atoms with E-state index in [0.29, 0.717) is 5.95 Å². The molecule has 0 bridgehead atoms. The number of nitrogens with two attached hydrogens (primary N) is 1. The normalized spacial score (nSPS) is 10.4. The van der Waals surface area contributed by atoms with Crippen molar-refractivity contribution in [2.75, 3.05) is 41.7 Å². The van der Waals surface area contributed by atoms with Crippen LogP contribution in [0.4, 0.5) is 17.6 Å². The number of aromatic nitrogens is 2. The van der Waals surface area contributed by atoms with E-state index in [4.69, 9.17) is 5.73 Å². The monoisotopic (exact) mass is 237 g/mol. The first-order chi connectivity index (χ1) is 8.15. The van der Waals surface area contributed by atoms with Gasteiger partial charge in [-0.15, -0.1) is 0 Å². The number of hydrogen-bond acceptors (Lipinski definition) is 5. The SMILES string of the molecule is CCN(CC)c1cc(N(CC)CC)nc(N)n1. The van der Waals surface area contributed by atoms with Crippen LogP contribution in [0.1, 0.15) is 27.7 Å². The Morgan fingerprint density at radius 1 is 0.882 bits per heavy atom. The highest BCUT2D eigenvalue weighted by Crippen LogP contribution is 2.19. The average Bonchev–Trinajstić information content (AvgIpc) is 2.31. The second-order valence-corrected chi connectivity index (χ2v) is 3.79. The zero-order valence-electron chi connectivity index (χ0n) is 11.3. The zero-order chi connectivity index (χ0) is 12.8. The summed E-state index contributed by atoms with van der Waals surface area (Å²) in [4.78, 5) is 12.9. The molecule has 1 rings (SSSR count). The van der Waals surface area contributed by atoms with Crippen LogP contribution in [0.2, 0.25) is 0 Å². The van der Waals surface area contributed by atoms with Crippen LogP contribution >= 0.6 is 0 Å². The van der Waals surface area contributed by atoms with E-state index in [1.54, 1.807) is 0 Å². The standard InChI is InChI=1S/C12H23N5/c1-5-16(6-2)10-9-11(15-12(13)14-10)17(7-3)8-4/h9H,5-8H2,1-4H3,(H2,13,14,15). The van der Waals surface area contributed by atoms with Crippen molar-refractivity contribution in [2.45, 2.75) is 27.7 Å². The second-order valence-electron chi connectivity index (χ2n) is 3.79. The van der Waals surface area contributed by atoms with E-state index in [2.05, 4.69) is 47.5 Å². The van der Waals surface area contributed by atoms with Crippen LogP contribution in [-0.2, 0) is 0 Å². The van der Waals surface area contributed by atoms with Crippen molar-refractivity contribution in [3.63, 3.8) is 0 Å². The van der Waals surface area contributed by atoms with Gasteiger partial charge in [-0.25, -0.2) is 0 Å². The van der Waals surface area contributed by atoms with E-state index in [1.165, 1.54) is 0 Å². The Bertz CT molecular complexity index is 314. The lowest BCUT2D eigenvalue weighted by molar-refractivity contribution is 0.821. The van der Waals surface area contributed by atoms with Crippen molar-refractivity contribution in [1.82, 2.24) is 9.97 Å². The minimum Gasteiger partial charge on any atom is -0.368 e. The number of anilines is 3. The van der Waals surface area contributed by atoms with Crippen LogP contribution < -0.4 is 15.5 Å². The first kappa shape index (κ1) is 13.5. The summed E-state index contributed by atoms with van der Waals surface area (Å²) in [5.74, 6) is 2.16. The van der Waals surface area contributed by atoms with Crippen LogP contribution in [0.15, 0.2) is 6.07 Å². The Kier molecular flexibility index (Phi) is 5.00. The largest absolute Gasteiger partial charge is 0.368 e. The Labute approximate surface area is 104 Å². The van der Waals surface area contributed by atoms with Crippen LogP contribution in [0.5, 0.6) is 0 Å². The lowest BCUT2D eigenvalue weighted by Gasteiger charge is -2.24. The summed E-state index contributed by atoms with van der Waals surface area (Å²) in [6.07, 6.45) is 0. The molecular formula is C12H23N5. The molecule has 0 saturated heterocycles. The molecule has 0 amide bonds. The fraction of sp³-hybridized carbons (Fsp3) is 0.667. The molecule has 1 heterocycles. The molecule has 0 radical (unpaired) electrons. The quantitative estimate of drug-likeness (QED) is 0.817. The molecule has 0 spiro atoms. The van der Waals surface area contributed by atoms with Gasteiger partial charge in [0.1, 0.15) is 11.6 Å². The van der Waals surface area contributed by atoms with Gasteiger partial charge in [-0.05, 0) is 27.7 Å². The van der Waals surface area contributed by atoms with Crippen molar-refractivity contribution in [3.8, 4) is 0 Å². The minimum atomic E-state index is 0.344. The first-order valence-electron chi connectivity index (χ1n) is 6.30. The number of nitrogen functional groups attached to an aromatic ring is 1. The first-order valence-corrected chi connectivity index (χ1v) is 6.30. The molecule has 96 valence electrons. The molecule has 0 atom stereocenters. The molecule has 0 aliphatic carbocycles. The van der Waals surface area contributed by atoms with E-state index < -0.39 is 0 Å². The van der Waals surface area contributed by atoms with Crippen molar-refractivity contribution < 1.29 is 0 Å². The topological polar surface area (TPSA) is 58.3 Å². The Hall–Kier alpha value is -1.52. The van der Waals surface area contributed by atoms with Crippen molar-refractivity contribution in [1.29, 1.82) is 0 Å². The van der Waals surface area contributed by atoms with Crippen LogP contribution in [0, 0.1) is 0 Å². The third-order valence-electron chi connectivity index (χ3n) is 2.89. The summed E-state index contributed by atoms with van der Waals surface area (Å²) in [6, 6.07) is 2.01. The molecule has 0 aromatic carbocycles. The molecule has 1 aromatic rings. The van der Waals surface area contributed by atoms with Gasteiger partial charge < -0.3 is 15.5 Å². The summed E-state index contributed by atoms with van der Waals surface area (Å²) >= 11 is 0. The summed E-state index contributed by atoms with van der Waals surface area (Å²) in [6.45, 7) is 12.1. The molecular weight excluding hydrogens is 214 g/mol. The van der Waals surface area contributed by atoms with Crippen LogP contribution in [0.3, 0.4) is 0 Å². The summed E-state index contributed by atoms with van der Waals surface area (Å²) in [5, 5.41) is 0. The van der Waals surface area contributed by atoms with Crippen LogP contribution in [0.25, 0.3) is 0 Å². The highest BCUT2D eigenvalue weighted by atomic mass is 15.2. The minimum absolute atomic E-state index is 0.344. The fourth-order valence-electron chi connectivity index (χ4n) is 1.86. The third kappa shape index (κ3) is 3.22. The number of rotatable bonds is 6. The fourth-order valence-corrected chi connectivity index (χ4v) is 1.86. The van der Waals surface area contributed by atoms with Gasteiger partial charge in [0, 0.05) is 32.2 Å². The maximum absolute atomic E-state index is 5.78. The van der Waals surface area contributed by atoms with Crippen molar-refractivity contribution >= 4 is 17.6 Å². The Morgan fingerprint density at radius 2 is 1.24 bits per heavy atom. The van der Waals surface area contributed by atoms with Gasteiger partial charge in [-0.1, -0.05) is 0 Å². The number of nitrogens with zero attached hydrogens (tertiary/aromatic N) is 4. The van der Waals surface area contributed by atoms with E-state index in [0.717, 1.165) is 37.8 Å². The summed E-state index contributed by atoms with van der Waals surface area (Å²) < 4.78 is 0. The van der Waals surface area contributed by atoms with Gasteiger partial charge in [0.15, 0.2) is 0 Å². The molecule has 2 N–H and O–H groups in total. The van der Waals surface area contributed by atoms with Gasteiger partial charge >= 0.3 is 0 Å². The van der Waals surface area contributed by atoms with E-state index in [-0.39, 0.29) is 0 Å². The predicted octanol–water partition coefficient (Wildman–Crippen LogP) is 1.75. The molecule has 0 unspecified atom stereocenters. The molecule has 0 aliphatic heterocycles. The van der Waals surface area contributed by atoms with Gasteiger partial charge in [0.25, 0.3) is 0 Å². The lowest BCUT2D eigenvalue weighted by Crippen LogP contribution is -2.27. The molecule has 0 saturated carbocycles.